The van der Waals surface area contributed by atoms with Gasteiger partial charge in [0.25, 0.3) is 10.1 Å². The van der Waals surface area contributed by atoms with Crippen molar-refractivity contribution in [1.29, 1.82) is 0 Å². The number of rotatable bonds is 6. The highest BCUT2D eigenvalue weighted by Gasteiger charge is 2.22. The van der Waals surface area contributed by atoms with Gasteiger partial charge < -0.3 is 10.2 Å². The average Bonchev–Trinajstić information content (AvgIpc) is 2.24. The number of halogens is 1. The lowest BCUT2D eigenvalue weighted by molar-refractivity contribution is -0.137. The summed E-state index contributed by atoms with van der Waals surface area (Å²) in [4.78, 5) is 20.7. The topological polar surface area (TPSA) is 163 Å². The van der Waals surface area contributed by atoms with Gasteiger partial charge in [-0.1, -0.05) is 0 Å². The maximum Gasteiger partial charge on any atom is 0.341 e. The van der Waals surface area contributed by atoms with Crippen LogP contribution in [0.3, 0.4) is 0 Å². The van der Waals surface area contributed by atoms with Crippen LogP contribution in [-0.4, -0.2) is 35.1 Å². The first-order valence-electron chi connectivity index (χ1n) is 5.14. The van der Waals surface area contributed by atoms with Crippen molar-refractivity contribution >= 4 is 41.8 Å². The predicted octanol–water partition coefficient (Wildman–Crippen LogP) is 0.555. The lowest BCUT2D eigenvalue weighted by atomic mass is 10.1. The van der Waals surface area contributed by atoms with E-state index in [1.54, 1.807) is 0 Å². The van der Waals surface area contributed by atoms with Gasteiger partial charge in [0.05, 0.1) is 21.3 Å². The second-order valence-electron chi connectivity index (χ2n) is 3.89. The average molecular weight is 432 g/mol. The van der Waals surface area contributed by atoms with E-state index in [0.29, 0.717) is 12.1 Å². The van der Waals surface area contributed by atoms with Gasteiger partial charge in [-0.05, 0) is 23.3 Å². The fourth-order valence-corrected chi connectivity index (χ4v) is 4.05. The zero-order chi connectivity index (χ0) is 16.4. The molecule has 11 heteroatoms. The molecule has 0 saturated heterocycles. The molecule has 0 bridgehead atoms. The van der Waals surface area contributed by atoms with Crippen molar-refractivity contribution in [2.24, 2.45) is 0 Å². The minimum Gasteiger partial charge on any atom is -0.481 e. The second-order valence-corrected chi connectivity index (χ2v) is 7.63. The zero-order valence-corrected chi connectivity index (χ0v) is 13.1. The molecule has 1 aromatic rings. The Labute approximate surface area is 125 Å². The highest BCUT2D eigenvalue weighted by atomic mass is 127. The Morgan fingerprint density at radius 3 is 1.62 bits per heavy atom. The molecule has 9 nitrogen and oxygen atoms in total. The number of carboxylic acid groups (broad SMARTS) is 2. The van der Waals surface area contributed by atoms with E-state index in [0.717, 1.165) is 0 Å². The van der Waals surface area contributed by atoms with Crippen molar-refractivity contribution in [1.82, 2.24) is 0 Å². The first kappa shape index (κ1) is 17.5. The standard InChI is InChI=1S/C10H9IO9S/c12-8(13)3-5-1-7(21(18,19)20)2-6(4-9(14)15)10(5)11(16)17/h1-2H,3-4H2,(H,12,13)(H,14,15)(H,18,19,20). The number of aliphatic carboxylic acids is 2. The van der Waals surface area contributed by atoms with E-state index in [1.165, 1.54) is 0 Å². The van der Waals surface area contributed by atoms with Crippen LogP contribution in [0.4, 0.5) is 0 Å². The summed E-state index contributed by atoms with van der Waals surface area (Å²) in [6.45, 7) is 0. The molecule has 0 unspecified atom stereocenters. The van der Waals surface area contributed by atoms with E-state index < -0.39 is 63.2 Å². The fourth-order valence-electron chi connectivity index (χ4n) is 1.65. The summed E-state index contributed by atoms with van der Waals surface area (Å²) in [5.74, 6) is -2.86. The van der Waals surface area contributed by atoms with Gasteiger partial charge in [-0.3, -0.25) is 14.1 Å². The van der Waals surface area contributed by atoms with Gasteiger partial charge in [-0.25, -0.2) is 6.14 Å². The number of hydrogen-bond acceptors (Lipinski definition) is 6. The van der Waals surface area contributed by atoms with E-state index in [-0.39, 0.29) is 11.1 Å². The van der Waals surface area contributed by atoms with E-state index >= 15 is 0 Å². The van der Waals surface area contributed by atoms with Gasteiger partial charge in [0.2, 0.25) is 0 Å². The maximum absolute atomic E-state index is 11.3. The van der Waals surface area contributed by atoms with Crippen LogP contribution in [0.5, 0.6) is 0 Å². The summed E-state index contributed by atoms with van der Waals surface area (Å²) in [7, 11) is -4.73. The quantitative estimate of drug-likeness (QED) is 0.430. The summed E-state index contributed by atoms with van der Waals surface area (Å²) in [6, 6.07) is 1.43. The Hall–Kier alpha value is -1.60. The third-order valence-corrected chi connectivity index (χ3v) is 5.43. The van der Waals surface area contributed by atoms with Gasteiger partial charge in [0.15, 0.2) is 0 Å². The van der Waals surface area contributed by atoms with Crippen molar-refractivity contribution in [2.45, 2.75) is 17.7 Å². The van der Waals surface area contributed by atoms with Crippen molar-refractivity contribution in [2.75, 3.05) is 0 Å². The van der Waals surface area contributed by atoms with Crippen LogP contribution < -0.4 is 0 Å². The molecule has 1 aromatic carbocycles. The van der Waals surface area contributed by atoms with Crippen LogP contribution in [0.1, 0.15) is 11.1 Å². The summed E-state index contributed by atoms with van der Waals surface area (Å²) >= 11 is -4.28. The normalized spacial score (nSPS) is 11.5. The van der Waals surface area contributed by atoms with Crippen LogP contribution in [0, 0.1) is 3.57 Å². The SMILES string of the molecule is O=C(O)Cc1cc(S(=O)(=O)O)cc(CC(=O)O)c1I(=O)=O. The smallest absolute Gasteiger partial charge is 0.341 e. The minimum atomic E-state index is -4.73. The van der Waals surface area contributed by atoms with E-state index in [1.807, 2.05) is 0 Å². The highest BCUT2D eigenvalue weighted by molar-refractivity contribution is 14.2. The van der Waals surface area contributed by atoms with E-state index in [4.69, 9.17) is 14.8 Å². The number of carboxylic acids is 2. The molecule has 0 atom stereocenters. The molecular formula is C10H9IO9S. The van der Waals surface area contributed by atoms with Crippen molar-refractivity contribution in [3.8, 4) is 0 Å². The molecule has 0 aliphatic heterocycles. The Kier molecular flexibility index (Phi) is 5.36. The lowest BCUT2D eigenvalue weighted by Gasteiger charge is -2.09. The van der Waals surface area contributed by atoms with Crippen LogP contribution in [0.2, 0.25) is 0 Å². The Morgan fingerprint density at radius 1 is 1.00 bits per heavy atom. The first-order valence-corrected chi connectivity index (χ1v) is 9.42. The molecule has 0 aliphatic rings. The van der Waals surface area contributed by atoms with E-state index in [2.05, 4.69) is 0 Å². The third kappa shape index (κ3) is 4.71. The largest absolute Gasteiger partial charge is 0.481 e. The molecular weight excluding hydrogens is 423 g/mol. The van der Waals surface area contributed by atoms with Crippen LogP contribution in [0.15, 0.2) is 17.0 Å². The Morgan fingerprint density at radius 2 is 1.38 bits per heavy atom. The Balaban J connectivity index is 3.73. The second kappa shape index (κ2) is 6.44. The van der Waals surface area contributed by atoms with Crippen LogP contribution in [0.25, 0.3) is 0 Å². The molecule has 0 aromatic heterocycles. The first-order chi connectivity index (χ1) is 9.52. The summed E-state index contributed by atoms with van der Waals surface area (Å²) in [6.07, 6.45) is -1.63. The zero-order valence-electron chi connectivity index (χ0n) is 10.1. The van der Waals surface area contributed by atoms with Crippen LogP contribution >= 0.6 is 19.8 Å². The summed E-state index contributed by atoms with van der Waals surface area (Å²) in [5, 5.41) is 17.4. The molecule has 1 rings (SSSR count). The third-order valence-electron chi connectivity index (χ3n) is 2.33. The highest BCUT2D eigenvalue weighted by Crippen LogP contribution is 2.30. The number of hydrogen-bond donors (Lipinski definition) is 3. The maximum atomic E-state index is 11.3. The monoisotopic (exact) mass is 432 g/mol. The molecule has 0 amide bonds. The van der Waals surface area contributed by atoms with Gasteiger partial charge in [0, 0.05) is 0 Å². The number of carbonyl (C=O) groups is 2. The molecule has 0 aliphatic carbocycles. The molecule has 0 spiro atoms. The predicted molar refractivity (Wildman–Crippen MR) is 73.0 cm³/mol. The minimum absolute atomic E-state index is 0.371. The van der Waals surface area contributed by atoms with Crippen molar-refractivity contribution in [3.05, 3.63) is 26.8 Å². The van der Waals surface area contributed by atoms with Gasteiger partial charge >= 0.3 is 31.7 Å². The fraction of sp³-hybridized carbons (Fsp3) is 0.200. The summed E-state index contributed by atoms with van der Waals surface area (Å²) in [5.41, 5.74) is -0.742. The molecule has 0 radical (unpaired) electrons. The van der Waals surface area contributed by atoms with Gasteiger partial charge in [0.1, 0.15) is 0 Å². The van der Waals surface area contributed by atoms with Gasteiger partial charge in [-0.2, -0.15) is 8.42 Å². The van der Waals surface area contributed by atoms with E-state index in [9.17, 15) is 24.1 Å². The van der Waals surface area contributed by atoms with Crippen molar-refractivity contribution in [3.63, 3.8) is 0 Å². The van der Waals surface area contributed by atoms with Crippen LogP contribution in [-0.2, 0) is 38.7 Å². The molecule has 3 N–H and O–H groups in total. The van der Waals surface area contributed by atoms with Crippen molar-refractivity contribution < 1.29 is 38.9 Å². The summed E-state index contributed by atoms with van der Waals surface area (Å²) < 4.78 is 53.3. The molecule has 0 saturated carbocycles. The molecule has 21 heavy (non-hydrogen) atoms. The molecule has 0 fully saturated rings. The lowest BCUT2D eigenvalue weighted by Crippen LogP contribution is -2.11. The molecule has 116 valence electrons. The van der Waals surface area contributed by atoms with Gasteiger partial charge in [-0.15, -0.1) is 0 Å². The Bertz CT molecular complexity index is 731. The molecule has 0 heterocycles. The number of benzene rings is 1.